The molecule has 0 saturated carbocycles. The zero-order valence-electron chi connectivity index (χ0n) is 10.1. The van der Waals surface area contributed by atoms with Crippen LogP contribution in [0.2, 0.25) is 0 Å². The molecule has 0 aliphatic heterocycles. The molecule has 0 amide bonds. The van der Waals surface area contributed by atoms with Crippen molar-refractivity contribution in [2.24, 2.45) is 0 Å². The van der Waals surface area contributed by atoms with Crippen LogP contribution in [-0.4, -0.2) is 9.97 Å². The SMILES string of the molecule is Cc1nccc(CNc2c(F)c(F)c(F)c(F)c2F)n1. The third-order valence-electron chi connectivity index (χ3n) is 2.49. The van der Waals surface area contributed by atoms with E-state index in [1.807, 2.05) is 0 Å². The summed E-state index contributed by atoms with van der Waals surface area (Å²) >= 11 is 0. The molecule has 106 valence electrons. The van der Waals surface area contributed by atoms with Crippen molar-refractivity contribution in [2.75, 3.05) is 5.32 Å². The van der Waals surface area contributed by atoms with Gasteiger partial charge in [-0.1, -0.05) is 0 Å². The first-order valence-corrected chi connectivity index (χ1v) is 5.45. The topological polar surface area (TPSA) is 37.8 Å². The highest BCUT2D eigenvalue weighted by Gasteiger charge is 2.25. The van der Waals surface area contributed by atoms with Gasteiger partial charge >= 0.3 is 0 Å². The summed E-state index contributed by atoms with van der Waals surface area (Å²) in [5.74, 6) is -9.58. The van der Waals surface area contributed by atoms with Crippen molar-refractivity contribution < 1.29 is 22.0 Å². The molecule has 0 aliphatic rings. The second kappa shape index (κ2) is 5.40. The fraction of sp³-hybridized carbons (Fsp3) is 0.167. The first-order chi connectivity index (χ1) is 9.41. The van der Waals surface area contributed by atoms with E-state index >= 15 is 0 Å². The third kappa shape index (κ3) is 2.54. The van der Waals surface area contributed by atoms with E-state index < -0.39 is 34.8 Å². The van der Waals surface area contributed by atoms with Gasteiger partial charge in [-0.05, 0) is 13.0 Å². The molecule has 1 aromatic carbocycles. The third-order valence-corrected chi connectivity index (χ3v) is 2.49. The first kappa shape index (κ1) is 14.2. The largest absolute Gasteiger partial charge is 0.374 e. The van der Waals surface area contributed by atoms with Gasteiger partial charge in [0.2, 0.25) is 5.82 Å². The van der Waals surface area contributed by atoms with Crippen molar-refractivity contribution in [1.29, 1.82) is 0 Å². The molecular weight excluding hydrogens is 281 g/mol. The van der Waals surface area contributed by atoms with Gasteiger partial charge in [0.25, 0.3) is 0 Å². The molecule has 0 fully saturated rings. The summed E-state index contributed by atoms with van der Waals surface area (Å²) in [6.45, 7) is 1.39. The standard InChI is InChI=1S/C12H8F5N3/c1-5-18-3-2-6(20-5)4-19-12-10(16)8(14)7(13)9(15)11(12)17/h2-3,19H,4H2,1H3. The molecule has 2 rings (SSSR count). The van der Waals surface area contributed by atoms with Gasteiger partial charge in [-0.25, -0.2) is 31.9 Å². The second-order valence-corrected chi connectivity index (χ2v) is 3.89. The van der Waals surface area contributed by atoms with Crippen molar-refractivity contribution in [3.63, 3.8) is 0 Å². The molecule has 0 spiro atoms. The summed E-state index contributed by atoms with van der Waals surface area (Å²) in [6, 6.07) is 1.45. The van der Waals surface area contributed by atoms with Crippen LogP contribution in [0.15, 0.2) is 12.3 Å². The normalized spacial score (nSPS) is 10.7. The Morgan fingerprint density at radius 3 is 2.05 bits per heavy atom. The molecule has 0 bridgehead atoms. The smallest absolute Gasteiger partial charge is 0.200 e. The molecule has 0 unspecified atom stereocenters. The Balaban J connectivity index is 2.30. The predicted octanol–water partition coefficient (Wildman–Crippen LogP) is 3.09. The fourth-order valence-electron chi connectivity index (χ4n) is 1.54. The Labute approximate surface area is 110 Å². The van der Waals surface area contributed by atoms with Crippen molar-refractivity contribution >= 4 is 5.69 Å². The number of hydrogen-bond acceptors (Lipinski definition) is 3. The second-order valence-electron chi connectivity index (χ2n) is 3.89. The number of anilines is 1. The molecule has 3 nitrogen and oxygen atoms in total. The maximum absolute atomic E-state index is 13.4. The van der Waals surface area contributed by atoms with Gasteiger partial charge in [-0.15, -0.1) is 0 Å². The minimum Gasteiger partial charge on any atom is -0.374 e. The Kier molecular flexibility index (Phi) is 3.82. The molecule has 0 saturated heterocycles. The van der Waals surface area contributed by atoms with E-state index in [1.165, 1.54) is 12.3 Å². The Morgan fingerprint density at radius 2 is 1.50 bits per heavy atom. The van der Waals surface area contributed by atoms with Crippen LogP contribution >= 0.6 is 0 Å². The van der Waals surface area contributed by atoms with Crippen LogP contribution in [0, 0.1) is 36.0 Å². The monoisotopic (exact) mass is 289 g/mol. The Morgan fingerprint density at radius 1 is 0.950 bits per heavy atom. The van der Waals surface area contributed by atoms with E-state index in [0.717, 1.165) is 0 Å². The van der Waals surface area contributed by atoms with Crippen LogP contribution in [0.1, 0.15) is 11.5 Å². The fourth-order valence-corrected chi connectivity index (χ4v) is 1.54. The molecule has 1 N–H and O–H groups in total. The van der Waals surface area contributed by atoms with Crippen LogP contribution in [0.25, 0.3) is 0 Å². The number of benzene rings is 1. The van der Waals surface area contributed by atoms with Crippen molar-refractivity contribution in [2.45, 2.75) is 13.5 Å². The number of rotatable bonds is 3. The molecule has 8 heteroatoms. The maximum Gasteiger partial charge on any atom is 0.200 e. The van der Waals surface area contributed by atoms with Crippen LogP contribution in [0.4, 0.5) is 27.6 Å². The molecule has 0 radical (unpaired) electrons. The van der Waals surface area contributed by atoms with E-state index in [0.29, 0.717) is 11.5 Å². The van der Waals surface area contributed by atoms with Crippen molar-refractivity contribution in [1.82, 2.24) is 9.97 Å². The van der Waals surface area contributed by atoms with Gasteiger partial charge in [-0.3, -0.25) is 0 Å². The summed E-state index contributed by atoms with van der Waals surface area (Å²) in [7, 11) is 0. The van der Waals surface area contributed by atoms with Gasteiger partial charge in [-0.2, -0.15) is 0 Å². The van der Waals surface area contributed by atoms with Crippen LogP contribution < -0.4 is 5.32 Å². The average molecular weight is 289 g/mol. The maximum atomic E-state index is 13.4. The van der Waals surface area contributed by atoms with Gasteiger partial charge in [0, 0.05) is 6.20 Å². The van der Waals surface area contributed by atoms with Gasteiger partial charge < -0.3 is 5.32 Å². The van der Waals surface area contributed by atoms with E-state index in [1.54, 1.807) is 6.92 Å². The minimum atomic E-state index is -2.19. The number of nitrogens with zero attached hydrogens (tertiary/aromatic N) is 2. The molecule has 2 aromatic rings. The summed E-state index contributed by atoms with van der Waals surface area (Å²) < 4.78 is 65.5. The lowest BCUT2D eigenvalue weighted by molar-refractivity contribution is 0.381. The van der Waals surface area contributed by atoms with Gasteiger partial charge in [0.15, 0.2) is 23.3 Å². The zero-order valence-corrected chi connectivity index (χ0v) is 10.1. The average Bonchev–Trinajstić information content (AvgIpc) is 2.43. The number of halogens is 5. The Bertz CT molecular complexity index is 631. The number of hydrogen-bond donors (Lipinski definition) is 1. The summed E-state index contributed by atoms with van der Waals surface area (Å²) in [5.41, 5.74) is -0.737. The summed E-state index contributed by atoms with van der Waals surface area (Å²) in [5, 5.41) is 2.15. The van der Waals surface area contributed by atoms with E-state index in [4.69, 9.17) is 0 Å². The van der Waals surface area contributed by atoms with Crippen LogP contribution in [-0.2, 0) is 6.54 Å². The highest BCUT2D eigenvalue weighted by Crippen LogP contribution is 2.27. The van der Waals surface area contributed by atoms with Gasteiger partial charge in [0.05, 0.1) is 12.2 Å². The molecule has 0 aliphatic carbocycles. The van der Waals surface area contributed by atoms with E-state index in [9.17, 15) is 22.0 Å². The highest BCUT2D eigenvalue weighted by molar-refractivity contribution is 5.47. The highest BCUT2D eigenvalue weighted by atomic mass is 19.2. The molecule has 1 heterocycles. The molecule has 0 atom stereocenters. The van der Waals surface area contributed by atoms with Crippen molar-refractivity contribution in [3.8, 4) is 0 Å². The Hall–Kier alpha value is -2.25. The minimum absolute atomic E-state index is 0.207. The lowest BCUT2D eigenvalue weighted by Crippen LogP contribution is -2.11. The van der Waals surface area contributed by atoms with Crippen LogP contribution in [0.5, 0.6) is 0 Å². The number of nitrogens with one attached hydrogen (secondary N) is 1. The van der Waals surface area contributed by atoms with Crippen LogP contribution in [0.3, 0.4) is 0 Å². The summed E-state index contributed by atoms with van der Waals surface area (Å²) in [6.07, 6.45) is 1.41. The lowest BCUT2D eigenvalue weighted by atomic mass is 10.2. The molecular formula is C12H8F5N3. The quantitative estimate of drug-likeness (QED) is 0.536. The lowest BCUT2D eigenvalue weighted by Gasteiger charge is -2.10. The van der Waals surface area contributed by atoms with E-state index in [-0.39, 0.29) is 6.54 Å². The zero-order chi connectivity index (χ0) is 14.9. The number of aromatic nitrogens is 2. The number of aryl methyl sites for hydroxylation is 1. The first-order valence-electron chi connectivity index (χ1n) is 5.45. The van der Waals surface area contributed by atoms with Crippen molar-refractivity contribution in [3.05, 3.63) is 52.9 Å². The predicted molar refractivity (Wildman–Crippen MR) is 60.3 cm³/mol. The molecule has 1 aromatic heterocycles. The van der Waals surface area contributed by atoms with E-state index in [2.05, 4.69) is 15.3 Å². The van der Waals surface area contributed by atoms with Gasteiger partial charge in [0.1, 0.15) is 11.5 Å². The summed E-state index contributed by atoms with van der Waals surface area (Å²) in [4.78, 5) is 7.74. The molecule has 20 heavy (non-hydrogen) atoms.